The van der Waals surface area contributed by atoms with Crippen LogP contribution in [0.2, 0.25) is 0 Å². The van der Waals surface area contributed by atoms with E-state index in [-0.39, 0.29) is 32.6 Å². The summed E-state index contributed by atoms with van der Waals surface area (Å²) >= 11 is 0. The highest BCUT2D eigenvalue weighted by Gasteiger charge is 2.36. The van der Waals surface area contributed by atoms with Gasteiger partial charge in [0.15, 0.2) is 0 Å². The average Bonchev–Trinajstić information content (AvgIpc) is 2.83. The largest absolute Gasteiger partial charge is 0.507 e. The van der Waals surface area contributed by atoms with Crippen molar-refractivity contribution in [1.29, 1.82) is 0 Å². The van der Waals surface area contributed by atoms with Gasteiger partial charge in [0.1, 0.15) is 11.5 Å². The van der Waals surface area contributed by atoms with Crippen LogP contribution in [0, 0.1) is 0 Å². The summed E-state index contributed by atoms with van der Waals surface area (Å²) in [7, 11) is 0. The number of carbonyl (C=O) groups is 4. The van der Waals surface area contributed by atoms with Crippen LogP contribution in [0.15, 0.2) is 24.3 Å². The van der Waals surface area contributed by atoms with Crippen molar-refractivity contribution in [2.45, 2.75) is 105 Å². The average molecular weight is 583 g/mol. The molecule has 0 aliphatic rings. The summed E-state index contributed by atoms with van der Waals surface area (Å²) in [5.41, 5.74) is -0.492. The topological polar surface area (TPSA) is 167 Å². The number of rotatable bonds is 2. The second-order valence-corrected chi connectivity index (χ2v) is 14.8. The summed E-state index contributed by atoms with van der Waals surface area (Å²) < 4.78 is 0. The molecule has 0 aliphatic heterocycles. The molecule has 0 radical (unpaired) electrons. The molecule has 2 aromatic carbocycles. The maximum Gasteiger partial charge on any atom is 0.335 e. The molecule has 0 unspecified atom stereocenters. The van der Waals surface area contributed by atoms with Crippen LogP contribution < -0.4 is 11.7 Å². The SMILES string of the molecule is CC(C)(C)c1cc(C(=O)N(N)C(=O)C(=O)N(N)C(=O)c2cc(C(C)(C)C)c(O)c(C(C)(C)C)c2)cc(C(C)(C)C)c1O. The maximum atomic E-state index is 13.3. The Morgan fingerprint density at radius 1 is 0.500 bits per heavy atom. The first-order valence-electron chi connectivity index (χ1n) is 13.7. The normalized spacial score (nSPS) is 12.6. The highest BCUT2D eigenvalue weighted by Crippen LogP contribution is 2.41. The highest BCUT2D eigenvalue weighted by atomic mass is 16.3. The van der Waals surface area contributed by atoms with Crippen molar-refractivity contribution >= 4 is 23.6 Å². The molecule has 0 aromatic heterocycles. The lowest BCUT2D eigenvalue weighted by molar-refractivity contribution is -0.149. The van der Waals surface area contributed by atoms with E-state index in [9.17, 15) is 29.4 Å². The number of hydrogen-bond donors (Lipinski definition) is 4. The van der Waals surface area contributed by atoms with Crippen LogP contribution in [-0.2, 0) is 31.2 Å². The van der Waals surface area contributed by atoms with Crippen LogP contribution in [-0.4, -0.2) is 43.9 Å². The lowest BCUT2D eigenvalue weighted by atomic mass is 9.78. The fourth-order valence-electron chi connectivity index (χ4n) is 4.47. The van der Waals surface area contributed by atoms with E-state index in [4.69, 9.17) is 11.7 Å². The molecule has 0 saturated heterocycles. The van der Waals surface area contributed by atoms with E-state index < -0.39 is 45.3 Å². The number of amides is 4. The fourth-order valence-corrected chi connectivity index (χ4v) is 4.47. The molecule has 0 spiro atoms. The number of phenolic OH excluding ortho intramolecular Hbond substituents is 2. The first-order valence-corrected chi connectivity index (χ1v) is 13.7. The third-order valence-corrected chi connectivity index (χ3v) is 7.00. The van der Waals surface area contributed by atoms with E-state index in [1.165, 1.54) is 24.3 Å². The first kappa shape index (κ1) is 34.4. The van der Waals surface area contributed by atoms with E-state index in [2.05, 4.69) is 0 Å². The molecule has 6 N–H and O–H groups in total. The van der Waals surface area contributed by atoms with E-state index in [1.54, 1.807) is 0 Å². The number of aromatic hydroxyl groups is 2. The third kappa shape index (κ3) is 6.99. The molecule has 0 bridgehead atoms. The number of phenols is 2. The zero-order valence-corrected chi connectivity index (χ0v) is 26.9. The molecule has 10 heteroatoms. The zero-order chi connectivity index (χ0) is 32.9. The molecule has 0 saturated carbocycles. The molecule has 2 aromatic rings. The van der Waals surface area contributed by atoms with E-state index in [0.717, 1.165) is 0 Å². The van der Waals surface area contributed by atoms with Crippen LogP contribution in [0.4, 0.5) is 0 Å². The molecule has 2 rings (SSSR count). The van der Waals surface area contributed by atoms with Crippen molar-refractivity contribution in [3.05, 3.63) is 57.6 Å². The standard InChI is InChI=1S/C32H46N4O6/c1-29(2,3)19-13-17(14-20(23(19)37)30(4,5)6)25(39)35(33)27(41)28(42)36(34)26(40)18-15-21(31(7,8)9)24(38)22(16-18)32(10,11)12/h13-16,37-38H,33-34H2,1-12H3. The smallest absolute Gasteiger partial charge is 0.335 e. The molecular weight excluding hydrogens is 536 g/mol. The Morgan fingerprint density at radius 3 is 0.857 bits per heavy atom. The van der Waals surface area contributed by atoms with Gasteiger partial charge in [-0.25, -0.2) is 21.7 Å². The van der Waals surface area contributed by atoms with E-state index in [1.807, 2.05) is 83.1 Å². The monoisotopic (exact) mass is 582 g/mol. The van der Waals surface area contributed by atoms with Gasteiger partial charge in [-0.15, -0.1) is 0 Å². The first-order chi connectivity index (χ1) is 18.7. The molecule has 230 valence electrons. The summed E-state index contributed by atoms with van der Waals surface area (Å²) in [5, 5.41) is 22.1. The lowest BCUT2D eigenvalue weighted by Crippen LogP contribution is -2.54. The van der Waals surface area contributed by atoms with E-state index >= 15 is 0 Å². The van der Waals surface area contributed by atoms with Crippen LogP contribution in [0.3, 0.4) is 0 Å². The molecule has 0 fully saturated rings. The van der Waals surface area contributed by atoms with Crippen molar-refractivity contribution in [3.63, 3.8) is 0 Å². The van der Waals surface area contributed by atoms with Crippen molar-refractivity contribution in [1.82, 2.24) is 10.0 Å². The van der Waals surface area contributed by atoms with Gasteiger partial charge in [0, 0.05) is 33.4 Å². The van der Waals surface area contributed by atoms with Gasteiger partial charge in [-0.3, -0.25) is 19.2 Å². The highest BCUT2D eigenvalue weighted by molar-refractivity contribution is 6.40. The number of imide groups is 2. The van der Waals surface area contributed by atoms with Gasteiger partial charge in [0.05, 0.1) is 0 Å². The minimum atomic E-state index is -1.52. The number of benzene rings is 2. The minimum Gasteiger partial charge on any atom is -0.507 e. The van der Waals surface area contributed by atoms with Crippen LogP contribution in [0.1, 0.15) is 126 Å². The number of hydrazine groups is 2. The van der Waals surface area contributed by atoms with Gasteiger partial charge in [0.2, 0.25) is 0 Å². The Labute approximate surface area is 248 Å². The Balaban J connectivity index is 2.50. The number of nitrogens with zero attached hydrogens (tertiary/aromatic N) is 2. The maximum absolute atomic E-state index is 13.3. The quantitative estimate of drug-likeness (QED) is 0.171. The number of carbonyl (C=O) groups excluding carboxylic acids is 4. The molecule has 0 heterocycles. The third-order valence-electron chi connectivity index (χ3n) is 7.00. The van der Waals surface area contributed by atoms with Gasteiger partial charge >= 0.3 is 11.8 Å². The molecule has 0 atom stereocenters. The predicted octanol–water partition coefficient (Wildman–Crippen LogP) is 4.67. The second kappa shape index (κ2) is 11.1. The summed E-state index contributed by atoms with van der Waals surface area (Å²) in [6.45, 7) is 22.3. The van der Waals surface area contributed by atoms with Gasteiger partial charge < -0.3 is 10.2 Å². The van der Waals surface area contributed by atoms with E-state index in [0.29, 0.717) is 22.3 Å². The van der Waals surface area contributed by atoms with Crippen LogP contribution in [0.25, 0.3) is 0 Å². The Hall–Kier alpha value is -3.76. The summed E-state index contributed by atoms with van der Waals surface area (Å²) in [4.78, 5) is 52.8. The van der Waals surface area contributed by atoms with Crippen molar-refractivity contribution < 1.29 is 29.4 Å². The summed E-state index contributed by atoms with van der Waals surface area (Å²) in [6, 6.07) is 5.70. The van der Waals surface area contributed by atoms with Gasteiger partial charge in [0.25, 0.3) is 11.8 Å². The lowest BCUT2D eigenvalue weighted by Gasteiger charge is -2.29. The molecule has 0 aliphatic carbocycles. The minimum absolute atomic E-state index is 0.0226. The van der Waals surface area contributed by atoms with Gasteiger partial charge in [-0.2, -0.15) is 0 Å². The zero-order valence-electron chi connectivity index (χ0n) is 26.9. The van der Waals surface area contributed by atoms with Crippen molar-refractivity contribution in [3.8, 4) is 11.5 Å². The van der Waals surface area contributed by atoms with Crippen LogP contribution in [0.5, 0.6) is 11.5 Å². The van der Waals surface area contributed by atoms with Crippen molar-refractivity contribution in [2.75, 3.05) is 0 Å². The van der Waals surface area contributed by atoms with Crippen LogP contribution >= 0.6 is 0 Å². The second-order valence-electron chi connectivity index (χ2n) is 14.8. The molecule has 4 amide bonds. The van der Waals surface area contributed by atoms with Gasteiger partial charge in [-0.05, 0) is 45.9 Å². The Bertz CT molecular complexity index is 1250. The number of nitrogens with two attached hydrogens (primary N) is 2. The Morgan fingerprint density at radius 2 is 0.690 bits per heavy atom. The molecule has 42 heavy (non-hydrogen) atoms. The molecule has 10 nitrogen and oxygen atoms in total. The summed E-state index contributed by atoms with van der Waals surface area (Å²) in [5.74, 6) is 6.64. The fraction of sp³-hybridized carbons (Fsp3) is 0.500. The van der Waals surface area contributed by atoms with Gasteiger partial charge in [-0.1, -0.05) is 83.1 Å². The summed E-state index contributed by atoms with van der Waals surface area (Å²) in [6.07, 6.45) is 0. The number of hydrogen-bond acceptors (Lipinski definition) is 8. The van der Waals surface area contributed by atoms with Crippen molar-refractivity contribution in [2.24, 2.45) is 11.7 Å². The predicted molar refractivity (Wildman–Crippen MR) is 162 cm³/mol. The molecular formula is C32H46N4O6. The Kier molecular flexibility index (Phi) is 9.14.